The number of hydrogen-bond acceptors (Lipinski definition) is 1. The van der Waals surface area contributed by atoms with Crippen molar-refractivity contribution in [1.29, 1.82) is 0 Å². The molecule has 2 heteroatoms. The summed E-state index contributed by atoms with van der Waals surface area (Å²) < 4.78 is 0. The SMILES string of the molecule is Clc1ccc(NC2CCC3(CCCC3)CC2)cc1. The molecule has 98 valence electrons. The van der Waals surface area contributed by atoms with Crippen molar-refractivity contribution in [3.8, 4) is 0 Å². The summed E-state index contributed by atoms with van der Waals surface area (Å²) in [6.45, 7) is 0. The van der Waals surface area contributed by atoms with Gasteiger partial charge in [0.1, 0.15) is 0 Å². The van der Waals surface area contributed by atoms with Crippen LogP contribution in [-0.4, -0.2) is 6.04 Å². The van der Waals surface area contributed by atoms with E-state index < -0.39 is 0 Å². The predicted molar refractivity (Wildman–Crippen MR) is 78.2 cm³/mol. The van der Waals surface area contributed by atoms with Gasteiger partial charge in [0.25, 0.3) is 0 Å². The van der Waals surface area contributed by atoms with Crippen LogP contribution in [-0.2, 0) is 0 Å². The largest absolute Gasteiger partial charge is 0.382 e. The minimum Gasteiger partial charge on any atom is -0.382 e. The molecule has 1 aromatic rings. The van der Waals surface area contributed by atoms with Crippen LogP contribution in [0, 0.1) is 5.41 Å². The Morgan fingerprint density at radius 2 is 1.56 bits per heavy atom. The number of benzene rings is 1. The van der Waals surface area contributed by atoms with Gasteiger partial charge in [-0.05, 0) is 68.2 Å². The molecule has 18 heavy (non-hydrogen) atoms. The number of rotatable bonds is 2. The summed E-state index contributed by atoms with van der Waals surface area (Å²) in [5.74, 6) is 0. The highest BCUT2D eigenvalue weighted by Gasteiger charge is 2.37. The lowest BCUT2D eigenvalue weighted by Gasteiger charge is -2.37. The fourth-order valence-electron chi connectivity index (χ4n) is 3.78. The zero-order valence-corrected chi connectivity index (χ0v) is 11.7. The predicted octanol–water partition coefficient (Wildman–Crippen LogP) is 5.25. The van der Waals surface area contributed by atoms with E-state index in [1.54, 1.807) is 0 Å². The molecule has 0 amide bonds. The van der Waals surface area contributed by atoms with Crippen molar-refractivity contribution in [3.63, 3.8) is 0 Å². The maximum atomic E-state index is 5.91. The molecular formula is C16H22ClN. The highest BCUT2D eigenvalue weighted by molar-refractivity contribution is 6.30. The second-order valence-electron chi connectivity index (χ2n) is 6.13. The highest BCUT2D eigenvalue weighted by atomic mass is 35.5. The second-order valence-corrected chi connectivity index (χ2v) is 6.57. The highest BCUT2D eigenvalue weighted by Crippen LogP contribution is 2.49. The van der Waals surface area contributed by atoms with Gasteiger partial charge in [0.05, 0.1) is 0 Å². The lowest BCUT2D eigenvalue weighted by molar-refractivity contribution is 0.188. The molecule has 2 aliphatic carbocycles. The summed E-state index contributed by atoms with van der Waals surface area (Å²) in [6.07, 6.45) is 11.4. The first-order valence-electron chi connectivity index (χ1n) is 7.28. The van der Waals surface area contributed by atoms with Crippen molar-refractivity contribution in [2.45, 2.75) is 57.4 Å². The Morgan fingerprint density at radius 3 is 2.17 bits per heavy atom. The first-order chi connectivity index (χ1) is 8.76. The molecule has 0 saturated heterocycles. The summed E-state index contributed by atoms with van der Waals surface area (Å²) in [5.41, 5.74) is 1.95. The number of anilines is 1. The van der Waals surface area contributed by atoms with Crippen LogP contribution in [0.3, 0.4) is 0 Å². The Bertz CT molecular complexity index is 382. The van der Waals surface area contributed by atoms with E-state index in [0.29, 0.717) is 6.04 Å². The number of hydrogen-bond donors (Lipinski definition) is 1. The van der Waals surface area contributed by atoms with Gasteiger partial charge in [-0.2, -0.15) is 0 Å². The Balaban J connectivity index is 1.55. The molecule has 0 radical (unpaired) electrons. The number of halogens is 1. The average molecular weight is 264 g/mol. The van der Waals surface area contributed by atoms with Crippen LogP contribution >= 0.6 is 11.6 Å². The molecule has 1 aromatic carbocycles. The van der Waals surface area contributed by atoms with Crippen molar-refractivity contribution < 1.29 is 0 Å². The smallest absolute Gasteiger partial charge is 0.0407 e. The zero-order chi connectivity index (χ0) is 12.4. The minimum atomic E-state index is 0.664. The molecule has 3 rings (SSSR count). The van der Waals surface area contributed by atoms with E-state index in [9.17, 15) is 0 Å². The zero-order valence-electron chi connectivity index (χ0n) is 10.9. The maximum absolute atomic E-state index is 5.91. The lowest BCUT2D eigenvalue weighted by Crippen LogP contribution is -2.31. The fourth-order valence-corrected chi connectivity index (χ4v) is 3.91. The topological polar surface area (TPSA) is 12.0 Å². The molecule has 1 nitrogen and oxygen atoms in total. The van der Waals surface area contributed by atoms with E-state index in [2.05, 4.69) is 17.4 Å². The van der Waals surface area contributed by atoms with Gasteiger partial charge < -0.3 is 5.32 Å². The fraction of sp³-hybridized carbons (Fsp3) is 0.625. The average Bonchev–Trinajstić information content (AvgIpc) is 2.84. The van der Waals surface area contributed by atoms with E-state index in [4.69, 9.17) is 11.6 Å². The van der Waals surface area contributed by atoms with Gasteiger partial charge in [0, 0.05) is 16.8 Å². The molecule has 1 spiro atoms. The van der Waals surface area contributed by atoms with Gasteiger partial charge in [-0.1, -0.05) is 24.4 Å². The van der Waals surface area contributed by atoms with Crippen LogP contribution in [0.15, 0.2) is 24.3 Å². The maximum Gasteiger partial charge on any atom is 0.0407 e. The third-order valence-corrected chi connectivity index (χ3v) is 5.18. The first kappa shape index (κ1) is 12.3. The Labute approximate surface area is 115 Å². The molecule has 0 bridgehead atoms. The Kier molecular flexibility index (Phi) is 3.52. The van der Waals surface area contributed by atoms with Gasteiger partial charge >= 0.3 is 0 Å². The molecular weight excluding hydrogens is 242 g/mol. The van der Waals surface area contributed by atoms with Crippen LogP contribution < -0.4 is 5.32 Å². The molecule has 2 aliphatic rings. The van der Waals surface area contributed by atoms with Crippen molar-refractivity contribution in [3.05, 3.63) is 29.3 Å². The van der Waals surface area contributed by atoms with E-state index in [1.165, 1.54) is 57.1 Å². The third-order valence-electron chi connectivity index (χ3n) is 4.93. The standard InChI is InChI=1S/C16H22ClN/c17-13-3-5-14(6-4-13)18-15-7-11-16(12-8-15)9-1-2-10-16/h3-6,15,18H,1-2,7-12H2. The summed E-state index contributed by atoms with van der Waals surface area (Å²) in [5, 5.41) is 4.47. The van der Waals surface area contributed by atoms with Crippen molar-refractivity contribution in [2.75, 3.05) is 5.32 Å². The van der Waals surface area contributed by atoms with Crippen molar-refractivity contribution >= 4 is 17.3 Å². The quantitative estimate of drug-likeness (QED) is 0.768. The molecule has 2 fully saturated rings. The first-order valence-corrected chi connectivity index (χ1v) is 7.66. The van der Waals surface area contributed by atoms with Gasteiger partial charge in [-0.25, -0.2) is 0 Å². The molecule has 1 N–H and O–H groups in total. The summed E-state index contributed by atoms with van der Waals surface area (Å²) in [7, 11) is 0. The van der Waals surface area contributed by atoms with E-state index in [1.807, 2.05) is 12.1 Å². The molecule has 0 aliphatic heterocycles. The summed E-state index contributed by atoms with van der Waals surface area (Å²) in [6, 6.07) is 8.76. The second kappa shape index (κ2) is 5.13. The Hall–Kier alpha value is -0.690. The van der Waals surface area contributed by atoms with Crippen LogP contribution in [0.25, 0.3) is 0 Å². The van der Waals surface area contributed by atoms with Gasteiger partial charge in [0.2, 0.25) is 0 Å². The van der Waals surface area contributed by atoms with E-state index >= 15 is 0 Å². The van der Waals surface area contributed by atoms with Crippen LogP contribution in [0.5, 0.6) is 0 Å². The monoisotopic (exact) mass is 263 g/mol. The molecule has 0 unspecified atom stereocenters. The van der Waals surface area contributed by atoms with Gasteiger partial charge in [-0.15, -0.1) is 0 Å². The molecule has 0 heterocycles. The van der Waals surface area contributed by atoms with Gasteiger partial charge in [0.15, 0.2) is 0 Å². The molecule has 2 saturated carbocycles. The van der Waals surface area contributed by atoms with Crippen molar-refractivity contribution in [1.82, 2.24) is 0 Å². The molecule has 0 atom stereocenters. The Morgan fingerprint density at radius 1 is 0.944 bits per heavy atom. The third kappa shape index (κ3) is 2.66. The van der Waals surface area contributed by atoms with E-state index in [-0.39, 0.29) is 0 Å². The summed E-state index contributed by atoms with van der Waals surface area (Å²) >= 11 is 5.91. The van der Waals surface area contributed by atoms with Crippen LogP contribution in [0.4, 0.5) is 5.69 Å². The van der Waals surface area contributed by atoms with Crippen LogP contribution in [0.1, 0.15) is 51.4 Å². The minimum absolute atomic E-state index is 0.664. The molecule has 0 aromatic heterocycles. The van der Waals surface area contributed by atoms with Crippen LogP contribution in [0.2, 0.25) is 5.02 Å². The van der Waals surface area contributed by atoms with Crippen molar-refractivity contribution in [2.24, 2.45) is 5.41 Å². The normalized spacial score (nSPS) is 23.4. The van der Waals surface area contributed by atoms with E-state index in [0.717, 1.165) is 10.4 Å². The summed E-state index contributed by atoms with van der Waals surface area (Å²) in [4.78, 5) is 0. The van der Waals surface area contributed by atoms with Gasteiger partial charge in [-0.3, -0.25) is 0 Å². The number of nitrogens with one attached hydrogen (secondary N) is 1. The lowest BCUT2D eigenvalue weighted by atomic mass is 9.71.